The van der Waals surface area contributed by atoms with Crippen LogP contribution in [-0.2, 0) is 26.0 Å². The van der Waals surface area contributed by atoms with E-state index in [1.165, 1.54) is 37.5 Å². The van der Waals surface area contributed by atoms with Crippen molar-refractivity contribution in [2.45, 2.75) is 68.7 Å². The van der Waals surface area contributed by atoms with Crippen molar-refractivity contribution in [3.63, 3.8) is 0 Å². The summed E-state index contributed by atoms with van der Waals surface area (Å²) in [4.78, 5) is 33.9. The highest BCUT2D eigenvalue weighted by molar-refractivity contribution is 7.90. The van der Waals surface area contributed by atoms with Gasteiger partial charge in [0.25, 0.3) is 0 Å². The predicted octanol–water partition coefficient (Wildman–Crippen LogP) is 4.73. The van der Waals surface area contributed by atoms with Crippen molar-refractivity contribution in [1.29, 1.82) is 0 Å². The molecule has 7 nitrogen and oxygen atoms in total. The highest BCUT2D eigenvalue weighted by Gasteiger charge is 2.48. The first-order valence-corrected chi connectivity index (χ1v) is 17.7. The first-order valence-electron chi connectivity index (χ1n) is 15.8. The van der Waals surface area contributed by atoms with E-state index in [0.717, 1.165) is 64.1 Å². The van der Waals surface area contributed by atoms with E-state index < -0.39 is 9.84 Å². The van der Waals surface area contributed by atoms with Gasteiger partial charge in [-0.25, -0.2) is 8.42 Å². The van der Waals surface area contributed by atoms with E-state index in [4.69, 9.17) is 0 Å². The standard InChI is InChI=1S/C34H45N3O4S/c1-42(40,41)30-13-11-27(12-14-30)22-36-20-17-34(33(36)39)15-18-35(19-16-34)23-29-24-37(32(38)21-26-7-5-6-8-26)25-31(29)28-9-3-2-4-10-28/h2-4,9-14,26,29,31H,5-8,15-25H2,1H3/t29-,31?/m0/s1. The maximum absolute atomic E-state index is 13.6. The van der Waals surface area contributed by atoms with Gasteiger partial charge < -0.3 is 14.7 Å². The monoisotopic (exact) mass is 591 g/mol. The Morgan fingerprint density at radius 3 is 2.24 bits per heavy atom. The lowest BCUT2D eigenvalue weighted by molar-refractivity contribution is -0.139. The van der Waals surface area contributed by atoms with Crippen LogP contribution in [0.3, 0.4) is 0 Å². The van der Waals surface area contributed by atoms with Gasteiger partial charge in [-0.2, -0.15) is 0 Å². The Bertz CT molecular complexity index is 1360. The van der Waals surface area contributed by atoms with Crippen molar-refractivity contribution in [3.05, 3.63) is 65.7 Å². The molecule has 3 heterocycles. The summed E-state index contributed by atoms with van der Waals surface area (Å²) in [6.45, 7) is 5.72. The molecule has 6 rings (SSSR count). The molecule has 0 aromatic heterocycles. The Morgan fingerprint density at radius 2 is 1.57 bits per heavy atom. The van der Waals surface area contributed by atoms with Crippen LogP contribution in [0.4, 0.5) is 0 Å². The number of nitrogens with zero attached hydrogens (tertiary/aromatic N) is 3. The maximum atomic E-state index is 13.6. The zero-order valence-corrected chi connectivity index (χ0v) is 25.7. The summed E-state index contributed by atoms with van der Waals surface area (Å²) < 4.78 is 23.6. The molecule has 1 unspecified atom stereocenters. The van der Waals surface area contributed by atoms with E-state index >= 15 is 0 Å². The zero-order valence-electron chi connectivity index (χ0n) is 24.9. The fourth-order valence-electron chi connectivity index (χ4n) is 7.99. The summed E-state index contributed by atoms with van der Waals surface area (Å²) in [5, 5.41) is 0. The minimum Gasteiger partial charge on any atom is -0.342 e. The molecule has 4 aliphatic rings. The molecule has 2 aromatic rings. The Kier molecular flexibility index (Phi) is 8.47. The van der Waals surface area contributed by atoms with Crippen LogP contribution in [0.15, 0.2) is 59.5 Å². The summed E-state index contributed by atoms with van der Waals surface area (Å²) in [7, 11) is -3.23. The minimum atomic E-state index is -3.23. The summed E-state index contributed by atoms with van der Waals surface area (Å²) in [5.74, 6) is 1.92. The predicted molar refractivity (Wildman–Crippen MR) is 164 cm³/mol. The summed E-state index contributed by atoms with van der Waals surface area (Å²) in [6, 6.07) is 17.6. The molecular formula is C34H45N3O4S. The van der Waals surface area contributed by atoms with Gasteiger partial charge >= 0.3 is 0 Å². The number of carbonyl (C=O) groups is 2. The van der Waals surface area contributed by atoms with Crippen LogP contribution in [0.1, 0.15) is 68.4 Å². The molecule has 0 radical (unpaired) electrons. The van der Waals surface area contributed by atoms with E-state index in [9.17, 15) is 18.0 Å². The van der Waals surface area contributed by atoms with Crippen molar-refractivity contribution >= 4 is 21.7 Å². The number of sulfone groups is 1. The lowest BCUT2D eigenvalue weighted by Crippen LogP contribution is -2.46. The van der Waals surface area contributed by atoms with Crippen molar-refractivity contribution in [2.75, 3.05) is 45.5 Å². The van der Waals surface area contributed by atoms with Gasteiger partial charge in [0.15, 0.2) is 9.84 Å². The molecule has 1 aliphatic carbocycles. The molecule has 3 aliphatic heterocycles. The Balaban J connectivity index is 1.06. The first kappa shape index (κ1) is 29.4. The Labute approximate surface area is 251 Å². The van der Waals surface area contributed by atoms with Crippen LogP contribution in [-0.4, -0.2) is 80.5 Å². The van der Waals surface area contributed by atoms with E-state index in [1.807, 2.05) is 17.0 Å². The van der Waals surface area contributed by atoms with Crippen molar-refractivity contribution in [2.24, 2.45) is 17.3 Å². The lowest BCUT2D eigenvalue weighted by Gasteiger charge is -2.39. The van der Waals surface area contributed by atoms with E-state index in [0.29, 0.717) is 41.5 Å². The van der Waals surface area contributed by atoms with Gasteiger partial charge in [-0.05, 0) is 80.3 Å². The van der Waals surface area contributed by atoms with Crippen LogP contribution in [0.25, 0.3) is 0 Å². The fourth-order valence-corrected chi connectivity index (χ4v) is 8.62. The molecule has 8 heteroatoms. The van der Waals surface area contributed by atoms with Gasteiger partial charge in [0, 0.05) is 51.3 Å². The third-order valence-corrected chi connectivity index (χ3v) is 11.7. The quantitative estimate of drug-likeness (QED) is 0.444. The first-order chi connectivity index (χ1) is 20.2. The number of hydrogen-bond acceptors (Lipinski definition) is 5. The van der Waals surface area contributed by atoms with Gasteiger partial charge in [0.2, 0.25) is 11.8 Å². The summed E-state index contributed by atoms with van der Waals surface area (Å²) >= 11 is 0. The Morgan fingerprint density at radius 1 is 0.905 bits per heavy atom. The van der Waals surface area contributed by atoms with Gasteiger partial charge in [-0.1, -0.05) is 55.3 Å². The highest BCUT2D eigenvalue weighted by Crippen LogP contribution is 2.43. The van der Waals surface area contributed by atoms with Crippen LogP contribution < -0.4 is 0 Å². The molecule has 1 spiro atoms. The maximum Gasteiger partial charge on any atom is 0.229 e. The molecule has 2 amide bonds. The van der Waals surface area contributed by atoms with Gasteiger partial charge in [0.05, 0.1) is 10.3 Å². The third kappa shape index (κ3) is 6.30. The number of carbonyl (C=O) groups excluding carboxylic acids is 2. The molecule has 2 aromatic carbocycles. The van der Waals surface area contributed by atoms with Crippen LogP contribution >= 0.6 is 0 Å². The van der Waals surface area contributed by atoms with E-state index in [-0.39, 0.29) is 11.3 Å². The minimum absolute atomic E-state index is 0.251. The number of benzene rings is 2. The average Bonchev–Trinajstić information content (AvgIpc) is 3.72. The molecule has 3 saturated heterocycles. The smallest absolute Gasteiger partial charge is 0.229 e. The van der Waals surface area contributed by atoms with Gasteiger partial charge in [0.1, 0.15) is 0 Å². The second-order valence-electron chi connectivity index (χ2n) is 13.4. The van der Waals surface area contributed by atoms with Gasteiger partial charge in [-0.3, -0.25) is 9.59 Å². The largest absolute Gasteiger partial charge is 0.342 e. The molecule has 1 saturated carbocycles. The van der Waals surface area contributed by atoms with Crippen LogP contribution in [0.2, 0.25) is 0 Å². The highest BCUT2D eigenvalue weighted by atomic mass is 32.2. The zero-order chi connectivity index (χ0) is 29.3. The molecule has 42 heavy (non-hydrogen) atoms. The normalized spacial score (nSPS) is 25.1. The molecule has 0 N–H and O–H groups in total. The van der Waals surface area contributed by atoms with E-state index in [2.05, 4.69) is 40.1 Å². The van der Waals surface area contributed by atoms with Crippen molar-refractivity contribution in [1.82, 2.24) is 14.7 Å². The van der Waals surface area contributed by atoms with Crippen molar-refractivity contribution in [3.8, 4) is 0 Å². The SMILES string of the molecule is CS(=O)(=O)c1ccc(CN2CCC3(CCN(C[C@H]4CN(C(=O)CC5CCCC5)CC4c4ccccc4)CC3)C2=O)cc1. The Hall–Kier alpha value is -2.71. The average molecular weight is 592 g/mol. The number of rotatable bonds is 8. The summed E-state index contributed by atoms with van der Waals surface area (Å²) in [6.07, 6.45) is 9.50. The molecular weight excluding hydrogens is 546 g/mol. The summed E-state index contributed by atoms with van der Waals surface area (Å²) in [5.41, 5.74) is 2.02. The molecule has 4 fully saturated rings. The van der Waals surface area contributed by atoms with Crippen LogP contribution in [0.5, 0.6) is 0 Å². The number of hydrogen-bond donors (Lipinski definition) is 0. The van der Waals surface area contributed by atoms with Gasteiger partial charge in [-0.15, -0.1) is 0 Å². The van der Waals surface area contributed by atoms with Crippen LogP contribution in [0, 0.1) is 17.3 Å². The molecule has 0 bridgehead atoms. The second kappa shape index (κ2) is 12.1. The van der Waals surface area contributed by atoms with Crippen molar-refractivity contribution < 1.29 is 18.0 Å². The third-order valence-electron chi connectivity index (χ3n) is 10.6. The number of piperidine rings is 1. The molecule has 226 valence electrons. The number of likely N-dealkylation sites (tertiary alicyclic amines) is 3. The number of amides is 2. The fraction of sp³-hybridized carbons (Fsp3) is 0.588. The lowest BCUT2D eigenvalue weighted by atomic mass is 9.76. The van der Waals surface area contributed by atoms with E-state index in [1.54, 1.807) is 12.1 Å². The topological polar surface area (TPSA) is 78.0 Å². The second-order valence-corrected chi connectivity index (χ2v) is 15.4. The molecule has 2 atom stereocenters.